The fourth-order valence-corrected chi connectivity index (χ4v) is 6.83. The summed E-state index contributed by atoms with van der Waals surface area (Å²) in [6.07, 6.45) is 9.81. The molecule has 2 unspecified atom stereocenters. The monoisotopic (exact) mass is 538 g/mol. The van der Waals surface area contributed by atoms with Crippen LogP contribution in [0.5, 0.6) is 0 Å². The molecule has 1 saturated heterocycles. The summed E-state index contributed by atoms with van der Waals surface area (Å²) in [5.41, 5.74) is 3.56. The lowest BCUT2D eigenvalue weighted by Gasteiger charge is -2.21. The molecule has 1 aliphatic heterocycles. The topological polar surface area (TPSA) is 92.3 Å². The lowest BCUT2D eigenvalue weighted by molar-refractivity contribution is 0.0694. The van der Waals surface area contributed by atoms with Crippen LogP contribution in [0.15, 0.2) is 41.2 Å². The minimum absolute atomic E-state index is 0.129. The second kappa shape index (κ2) is 8.30. The van der Waals surface area contributed by atoms with Crippen LogP contribution in [-0.4, -0.2) is 38.7 Å². The van der Waals surface area contributed by atoms with Crippen LogP contribution >= 0.6 is 34.7 Å². The summed E-state index contributed by atoms with van der Waals surface area (Å²) in [6, 6.07) is 5.94. The average molecular weight is 539 g/mol. The van der Waals surface area contributed by atoms with E-state index >= 15 is 0 Å². The second-order valence-corrected chi connectivity index (χ2v) is 11.4. The predicted molar refractivity (Wildman–Crippen MR) is 140 cm³/mol. The van der Waals surface area contributed by atoms with Gasteiger partial charge in [0.15, 0.2) is 5.69 Å². The molecular weight excluding hydrogens is 519 g/mol. The van der Waals surface area contributed by atoms with Crippen molar-refractivity contribution in [3.05, 3.63) is 63.7 Å². The zero-order valence-corrected chi connectivity index (χ0v) is 21.2. The third-order valence-electron chi connectivity index (χ3n) is 7.56. The van der Waals surface area contributed by atoms with Crippen LogP contribution in [0.3, 0.4) is 0 Å². The Bertz CT molecular complexity index is 1530. The van der Waals surface area contributed by atoms with E-state index in [1.165, 1.54) is 11.5 Å². The number of fused-ring (bicyclic) bond motifs is 2. The lowest BCUT2D eigenvalue weighted by Crippen LogP contribution is -2.23. The normalized spacial score (nSPS) is 23.1. The number of halogens is 2. The van der Waals surface area contributed by atoms with Crippen LogP contribution in [0.2, 0.25) is 10.0 Å². The van der Waals surface area contributed by atoms with Gasteiger partial charge >= 0.3 is 5.97 Å². The number of rotatable bonds is 6. The van der Waals surface area contributed by atoms with E-state index in [0.717, 1.165) is 47.6 Å². The van der Waals surface area contributed by atoms with E-state index in [0.29, 0.717) is 50.4 Å². The van der Waals surface area contributed by atoms with Gasteiger partial charge in [-0.3, -0.25) is 4.98 Å². The number of pyridine rings is 1. The zero-order valence-electron chi connectivity index (χ0n) is 18.9. The Kier molecular flexibility index (Phi) is 5.13. The molecule has 2 aliphatic carbocycles. The molecule has 3 aromatic heterocycles. The zero-order chi connectivity index (χ0) is 24.6. The smallest absolute Gasteiger partial charge is 0.356 e. The number of carboxylic acids is 1. The van der Waals surface area contributed by atoms with Crippen molar-refractivity contribution in [2.24, 2.45) is 17.8 Å². The van der Waals surface area contributed by atoms with Gasteiger partial charge in [0.2, 0.25) is 0 Å². The minimum Gasteiger partial charge on any atom is -0.476 e. The maximum Gasteiger partial charge on any atom is 0.356 e. The summed E-state index contributed by atoms with van der Waals surface area (Å²) in [6.45, 7) is 1.95. The summed E-state index contributed by atoms with van der Waals surface area (Å²) in [5.74, 6) is 2.02. The van der Waals surface area contributed by atoms with Gasteiger partial charge in [0.25, 0.3) is 0 Å². The first-order valence-corrected chi connectivity index (χ1v) is 13.4. The molecule has 0 radical (unpaired) electrons. The number of nitrogens with zero attached hydrogens (tertiary/aromatic N) is 4. The number of hydrogen-bond donors (Lipinski definition) is 1. The van der Waals surface area contributed by atoms with Gasteiger partial charge in [-0.05, 0) is 60.3 Å². The molecule has 2 atom stereocenters. The summed E-state index contributed by atoms with van der Waals surface area (Å²) in [5, 5.41) is 15.3. The number of hydrogen-bond acceptors (Lipinski definition) is 7. The summed E-state index contributed by atoms with van der Waals surface area (Å²) < 4.78 is 10.8. The summed E-state index contributed by atoms with van der Waals surface area (Å²) >= 11 is 14.1. The van der Waals surface area contributed by atoms with Crippen molar-refractivity contribution in [2.45, 2.75) is 18.8 Å². The van der Waals surface area contributed by atoms with E-state index < -0.39 is 5.97 Å². The molecule has 0 spiro atoms. The Balaban J connectivity index is 1.10. The molecule has 0 amide bonds. The van der Waals surface area contributed by atoms with Crippen molar-refractivity contribution in [3.63, 3.8) is 0 Å². The van der Waals surface area contributed by atoms with Crippen LogP contribution in [-0.2, 0) is 0 Å². The Labute approximate surface area is 220 Å². The molecule has 1 N–H and O–H groups in total. The van der Waals surface area contributed by atoms with Gasteiger partial charge in [0.1, 0.15) is 11.5 Å². The van der Waals surface area contributed by atoms with Crippen LogP contribution in [0.25, 0.3) is 27.4 Å². The van der Waals surface area contributed by atoms with E-state index in [9.17, 15) is 9.90 Å². The number of allylic oxidation sites excluding steroid dienone is 1. The largest absolute Gasteiger partial charge is 0.476 e. The van der Waals surface area contributed by atoms with Crippen LogP contribution in [0.1, 0.15) is 40.6 Å². The maximum absolute atomic E-state index is 11.3. The van der Waals surface area contributed by atoms with Gasteiger partial charge in [-0.2, -0.15) is 4.37 Å². The van der Waals surface area contributed by atoms with Gasteiger partial charge in [0.05, 0.1) is 14.7 Å². The Morgan fingerprint density at radius 1 is 1.17 bits per heavy atom. The summed E-state index contributed by atoms with van der Waals surface area (Å²) in [4.78, 5) is 17.8. The van der Waals surface area contributed by atoms with Gasteiger partial charge < -0.3 is 14.5 Å². The first-order chi connectivity index (χ1) is 17.5. The summed E-state index contributed by atoms with van der Waals surface area (Å²) in [7, 11) is 0. The van der Waals surface area contributed by atoms with E-state index in [1.807, 2.05) is 12.1 Å². The molecule has 1 aromatic carbocycles. The van der Waals surface area contributed by atoms with Crippen molar-refractivity contribution in [1.82, 2.24) is 14.5 Å². The van der Waals surface area contributed by atoms with Crippen molar-refractivity contribution in [2.75, 3.05) is 18.0 Å². The highest BCUT2D eigenvalue weighted by atomic mass is 35.5. The number of anilines is 1. The number of aromatic carboxylic acids is 1. The van der Waals surface area contributed by atoms with E-state index in [-0.39, 0.29) is 5.69 Å². The van der Waals surface area contributed by atoms with Gasteiger partial charge in [0, 0.05) is 53.6 Å². The Morgan fingerprint density at radius 2 is 1.92 bits per heavy atom. The molecule has 2 saturated carbocycles. The molecule has 4 aromatic rings. The van der Waals surface area contributed by atoms with Crippen molar-refractivity contribution >= 4 is 62.6 Å². The van der Waals surface area contributed by atoms with Crippen molar-refractivity contribution < 1.29 is 14.4 Å². The van der Waals surface area contributed by atoms with Crippen LogP contribution < -0.4 is 4.90 Å². The van der Waals surface area contributed by atoms with Gasteiger partial charge in [-0.25, -0.2) is 4.79 Å². The number of aromatic nitrogens is 3. The molecule has 7 rings (SSSR count). The molecule has 7 nitrogen and oxygen atoms in total. The molecular formula is C26H20Cl2N4O3S. The molecule has 182 valence electrons. The van der Waals surface area contributed by atoms with E-state index in [2.05, 4.69) is 37.6 Å². The van der Waals surface area contributed by atoms with Gasteiger partial charge in [-0.1, -0.05) is 40.5 Å². The van der Waals surface area contributed by atoms with Crippen molar-refractivity contribution in [3.8, 4) is 11.3 Å². The first kappa shape index (κ1) is 22.3. The van der Waals surface area contributed by atoms with Crippen LogP contribution in [0, 0.1) is 17.8 Å². The third-order valence-corrected chi connectivity index (χ3v) is 8.94. The lowest BCUT2D eigenvalue weighted by atomic mass is 10.0. The quantitative estimate of drug-likeness (QED) is 0.294. The molecule has 0 bridgehead atoms. The molecule has 10 heteroatoms. The Morgan fingerprint density at radius 3 is 2.61 bits per heavy atom. The predicted octanol–water partition coefficient (Wildman–Crippen LogP) is 6.62. The number of piperidine rings is 1. The third kappa shape index (κ3) is 3.62. The Hall–Kier alpha value is -2.94. The highest BCUT2D eigenvalue weighted by molar-refractivity contribution is 7.13. The first-order valence-electron chi connectivity index (χ1n) is 11.8. The average Bonchev–Trinajstić information content (AvgIpc) is 3.62. The molecule has 3 aliphatic rings. The number of carbonyl (C=O) groups is 1. The van der Waals surface area contributed by atoms with Crippen molar-refractivity contribution in [1.29, 1.82) is 0 Å². The maximum atomic E-state index is 11.3. The minimum atomic E-state index is -0.986. The fraction of sp³-hybridized carbons (Fsp3) is 0.308. The highest BCUT2D eigenvalue weighted by Crippen LogP contribution is 2.54. The van der Waals surface area contributed by atoms with E-state index in [1.54, 1.807) is 12.4 Å². The standard InChI is InChI=1S/C26H20Cl2N4O3S/c27-19-8-29-9-20(28)22(19)23-16(25(35-30-23)12-1-2-12)6-5-14-17-10-32(11-18(14)17)13-3-4-15-21(7-13)36-31-24(15)26(33)34/h3-9,12,14,17-18H,1-2,10-11H2,(H,33,34). The highest BCUT2D eigenvalue weighted by Gasteiger charge is 2.54. The van der Waals surface area contributed by atoms with Crippen LogP contribution in [0.4, 0.5) is 5.69 Å². The fourth-order valence-electron chi connectivity index (χ4n) is 5.48. The van der Waals surface area contributed by atoms with E-state index in [4.69, 9.17) is 27.7 Å². The second-order valence-electron chi connectivity index (χ2n) is 9.75. The SMILES string of the molecule is O=C(O)c1nsc2cc(N3CC4C(C=Cc5c(-c6c(Cl)cncc6Cl)noc5C5CC5)C4C3)ccc12. The molecule has 4 heterocycles. The number of benzene rings is 1. The molecule has 3 fully saturated rings. The molecule has 36 heavy (non-hydrogen) atoms. The van der Waals surface area contributed by atoms with Gasteiger partial charge in [-0.15, -0.1) is 0 Å². The number of carboxylic acid groups (broad SMARTS) is 1.